The van der Waals surface area contributed by atoms with Crippen molar-refractivity contribution in [3.63, 3.8) is 0 Å². The second-order valence-corrected chi connectivity index (χ2v) is 6.14. The molecule has 0 saturated heterocycles. The normalized spacial score (nSPS) is 11.6. The quantitative estimate of drug-likeness (QED) is 0.512. The summed E-state index contributed by atoms with van der Waals surface area (Å²) in [6.45, 7) is 5.69. The number of rotatable bonds is 0. The van der Waals surface area contributed by atoms with Crippen molar-refractivity contribution in [3.8, 4) is 0 Å². The summed E-state index contributed by atoms with van der Waals surface area (Å²) in [4.78, 5) is 11.8. The fourth-order valence-electron chi connectivity index (χ4n) is 2.28. The van der Waals surface area contributed by atoms with Crippen LogP contribution in [0.2, 0.25) is 0 Å². The summed E-state index contributed by atoms with van der Waals surface area (Å²) in [6.07, 6.45) is 0. The van der Waals surface area contributed by atoms with E-state index in [1.165, 1.54) is 0 Å². The highest BCUT2D eigenvalue weighted by Crippen LogP contribution is 2.37. The predicted molar refractivity (Wildman–Crippen MR) is 81.9 cm³/mol. The number of furan rings is 1. The number of aryl methyl sites for hydroxylation is 3. The highest BCUT2D eigenvalue weighted by atomic mass is 79.9. The Morgan fingerprint density at radius 2 is 1.53 bits per heavy atom. The summed E-state index contributed by atoms with van der Waals surface area (Å²) < 4.78 is 12.5. The van der Waals surface area contributed by atoms with Gasteiger partial charge in [0, 0.05) is 16.3 Å². The molecule has 0 fully saturated rings. The van der Waals surface area contributed by atoms with Crippen molar-refractivity contribution < 1.29 is 8.83 Å². The highest BCUT2D eigenvalue weighted by Gasteiger charge is 2.18. The Morgan fingerprint density at radius 1 is 0.895 bits per heavy atom. The van der Waals surface area contributed by atoms with E-state index in [0.29, 0.717) is 10.1 Å². The van der Waals surface area contributed by atoms with E-state index in [9.17, 15) is 4.79 Å². The average Bonchev–Trinajstić information content (AvgIpc) is 2.66. The predicted octanol–water partition coefficient (Wildman–Crippen LogP) is 4.99. The second kappa shape index (κ2) is 4.21. The Balaban J connectivity index is 2.65. The van der Waals surface area contributed by atoms with Crippen LogP contribution in [-0.2, 0) is 0 Å². The molecule has 3 nitrogen and oxygen atoms in total. The number of fused-ring (bicyclic) bond motifs is 2. The van der Waals surface area contributed by atoms with E-state index in [1.54, 1.807) is 0 Å². The molecule has 0 amide bonds. The van der Waals surface area contributed by atoms with E-state index in [-0.39, 0.29) is 5.63 Å². The molecule has 0 N–H and O–H groups in total. The van der Waals surface area contributed by atoms with E-state index in [0.717, 1.165) is 37.7 Å². The third kappa shape index (κ3) is 1.71. The Bertz CT molecular complexity index is 887. The molecule has 98 valence electrons. The first-order valence-corrected chi connectivity index (χ1v) is 7.31. The van der Waals surface area contributed by atoms with Gasteiger partial charge in [0.1, 0.15) is 21.4 Å². The Morgan fingerprint density at radius 3 is 2.21 bits per heavy atom. The van der Waals surface area contributed by atoms with E-state index >= 15 is 0 Å². The molecule has 19 heavy (non-hydrogen) atoms. The highest BCUT2D eigenvalue weighted by molar-refractivity contribution is 9.11. The average molecular weight is 386 g/mol. The van der Waals surface area contributed by atoms with Gasteiger partial charge in [0.05, 0.1) is 4.47 Å². The fourth-order valence-corrected chi connectivity index (χ4v) is 2.95. The van der Waals surface area contributed by atoms with Crippen LogP contribution in [0.1, 0.15) is 16.9 Å². The third-order valence-electron chi connectivity index (χ3n) is 3.37. The van der Waals surface area contributed by atoms with Crippen LogP contribution in [0.5, 0.6) is 0 Å². The zero-order valence-electron chi connectivity index (χ0n) is 10.6. The minimum absolute atomic E-state index is 0.366. The lowest BCUT2D eigenvalue weighted by Gasteiger charge is -2.06. The van der Waals surface area contributed by atoms with Gasteiger partial charge >= 0.3 is 5.63 Å². The summed E-state index contributed by atoms with van der Waals surface area (Å²) in [5.41, 5.74) is 2.69. The minimum Gasteiger partial charge on any atom is -0.460 e. The molecule has 0 unspecified atom stereocenters. The monoisotopic (exact) mass is 384 g/mol. The standard InChI is InChI=1S/C14H10Br2O3/c1-5-8-4-9-11(16)7(3)18-13(9)6(2)12(8)19-14(17)10(5)15/h4H,1-3H3. The van der Waals surface area contributed by atoms with Gasteiger partial charge in [0.25, 0.3) is 0 Å². The van der Waals surface area contributed by atoms with Gasteiger partial charge in [-0.3, -0.25) is 0 Å². The Labute approximate surface area is 125 Å². The minimum atomic E-state index is -0.366. The number of halogens is 2. The van der Waals surface area contributed by atoms with Gasteiger partial charge in [-0.15, -0.1) is 0 Å². The lowest BCUT2D eigenvalue weighted by molar-refractivity contribution is 0.547. The van der Waals surface area contributed by atoms with Crippen LogP contribution in [0.4, 0.5) is 0 Å². The van der Waals surface area contributed by atoms with E-state index in [1.807, 2.05) is 26.8 Å². The molecule has 2 heterocycles. The topological polar surface area (TPSA) is 43.4 Å². The molecule has 1 aromatic carbocycles. The molecule has 0 spiro atoms. The van der Waals surface area contributed by atoms with Crippen molar-refractivity contribution in [2.75, 3.05) is 0 Å². The van der Waals surface area contributed by atoms with Crippen LogP contribution in [0.3, 0.4) is 0 Å². The van der Waals surface area contributed by atoms with Gasteiger partial charge in [-0.2, -0.15) is 0 Å². The molecule has 0 atom stereocenters. The van der Waals surface area contributed by atoms with Gasteiger partial charge in [-0.25, -0.2) is 4.79 Å². The van der Waals surface area contributed by atoms with E-state index in [4.69, 9.17) is 8.83 Å². The second-order valence-electron chi connectivity index (χ2n) is 4.56. The Hall–Kier alpha value is -1.07. The van der Waals surface area contributed by atoms with E-state index in [2.05, 4.69) is 31.9 Å². The number of hydrogen-bond donors (Lipinski definition) is 0. The molecule has 5 heteroatoms. The summed E-state index contributed by atoms with van der Waals surface area (Å²) in [5.74, 6) is 0.812. The zero-order chi connectivity index (χ0) is 13.9. The zero-order valence-corrected chi connectivity index (χ0v) is 13.7. The van der Waals surface area contributed by atoms with Gasteiger partial charge in [0.15, 0.2) is 0 Å². The molecule has 3 rings (SSSR count). The fraction of sp³-hybridized carbons (Fsp3) is 0.214. The van der Waals surface area contributed by atoms with Crippen molar-refractivity contribution in [2.45, 2.75) is 20.8 Å². The summed E-state index contributed by atoms with van der Waals surface area (Å²) in [7, 11) is 0. The SMILES string of the molecule is Cc1oc2c(C)c3oc(=O)c(Br)c(C)c3cc2c1Br. The molecule has 0 aliphatic heterocycles. The van der Waals surface area contributed by atoms with Crippen LogP contribution >= 0.6 is 31.9 Å². The van der Waals surface area contributed by atoms with Crippen LogP contribution in [0, 0.1) is 20.8 Å². The Kier molecular flexibility index (Phi) is 2.87. The van der Waals surface area contributed by atoms with Crippen molar-refractivity contribution >= 4 is 53.8 Å². The van der Waals surface area contributed by atoms with Crippen molar-refractivity contribution in [2.24, 2.45) is 0 Å². The number of benzene rings is 1. The maximum Gasteiger partial charge on any atom is 0.350 e. The lowest BCUT2D eigenvalue weighted by atomic mass is 10.1. The smallest absolute Gasteiger partial charge is 0.350 e. The molecule has 0 bridgehead atoms. The molecule has 0 saturated carbocycles. The molecular weight excluding hydrogens is 376 g/mol. The van der Waals surface area contributed by atoms with Crippen molar-refractivity contribution in [1.29, 1.82) is 0 Å². The first-order chi connectivity index (χ1) is 8.91. The maximum atomic E-state index is 11.8. The molecule has 0 radical (unpaired) electrons. The third-order valence-corrected chi connectivity index (χ3v) is 5.27. The van der Waals surface area contributed by atoms with E-state index < -0.39 is 0 Å². The first kappa shape index (κ1) is 12.9. The maximum absolute atomic E-state index is 11.8. The molecule has 3 aromatic rings. The van der Waals surface area contributed by atoms with Gasteiger partial charge in [-0.05, 0) is 64.3 Å². The number of hydrogen-bond acceptors (Lipinski definition) is 3. The van der Waals surface area contributed by atoms with Crippen molar-refractivity contribution in [3.05, 3.63) is 42.3 Å². The largest absolute Gasteiger partial charge is 0.460 e. The van der Waals surface area contributed by atoms with Crippen LogP contribution in [-0.4, -0.2) is 0 Å². The lowest BCUT2D eigenvalue weighted by Crippen LogP contribution is -2.03. The first-order valence-electron chi connectivity index (χ1n) is 5.73. The summed E-state index contributed by atoms with van der Waals surface area (Å²) in [6, 6.07) is 1.99. The molecule has 0 aliphatic rings. The van der Waals surface area contributed by atoms with Gasteiger partial charge in [0.2, 0.25) is 0 Å². The van der Waals surface area contributed by atoms with Gasteiger partial charge in [-0.1, -0.05) is 0 Å². The van der Waals surface area contributed by atoms with Crippen LogP contribution < -0.4 is 5.63 Å². The van der Waals surface area contributed by atoms with Crippen molar-refractivity contribution in [1.82, 2.24) is 0 Å². The molecule has 2 aromatic heterocycles. The van der Waals surface area contributed by atoms with Crippen LogP contribution in [0.25, 0.3) is 21.9 Å². The van der Waals surface area contributed by atoms with Gasteiger partial charge < -0.3 is 8.83 Å². The molecular formula is C14H10Br2O3. The summed E-state index contributed by atoms with van der Waals surface area (Å²) >= 11 is 6.80. The summed E-state index contributed by atoms with van der Waals surface area (Å²) in [5, 5.41) is 1.91. The molecule has 0 aliphatic carbocycles. The van der Waals surface area contributed by atoms with Crippen LogP contribution in [0.15, 0.2) is 28.6 Å².